The average molecular weight is 711 g/mol. The lowest BCUT2D eigenvalue weighted by molar-refractivity contribution is -0.210. The lowest BCUT2D eigenvalue weighted by atomic mass is 9.59. The number of carbonyl (C=O) groups excluding carboxylic acids is 5. The molecule has 0 aliphatic heterocycles. The van der Waals surface area contributed by atoms with Gasteiger partial charge < -0.3 is 30.4 Å². The summed E-state index contributed by atoms with van der Waals surface area (Å²) in [6.45, 7) is 11.8. The number of para-hydroxylation sites is 2. The van der Waals surface area contributed by atoms with E-state index in [-0.39, 0.29) is 56.7 Å². The van der Waals surface area contributed by atoms with Crippen molar-refractivity contribution in [2.45, 2.75) is 72.7 Å². The number of Topliss-reactive ketones (excluding diaryl/α,β-unsaturated/α-hetero) is 1. The molecule has 1 unspecified atom stereocenters. The van der Waals surface area contributed by atoms with Gasteiger partial charge >= 0.3 is 17.9 Å². The van der Waals surface area contributed by atoms with Crippen molar-refractivity contribution in [3.05, 3.63) is 94.6 Å². The van der Waals surface area contributed by atoms with Crippen molar-refractivity contribution in [3.63, 3.8) is 0 Å². The Morgan fingerprint density at radius 1 is 1.00 bits per heavy atom. The standard InChI is InChI=1S/C41H46N2O9/c1-8-21(2)37(47)52-35-25(20-50-38(48)27-14-10-12-16-31(27)43-36(46)26-13-9-11-15-30(26)42)18-28-32-29(39(32,6)7)17-23(4)40(33(28)45)19-22(3)34(41(35,40)49)51-24(5)44/h8-16,18-19,23,28-29,32,34-35,49H,17,20,42H2,1-7H3,(H,43,46)/t23-,28?,29-,32+,34+,35-,40+,41-/m1/s1. The molecule has 2 fully saturated rings. The van der Waals surface area contributed by atoms with Gasteiger partial charge in [0.2, 0.25) is 0 Å². The summed E-state index contributed by atoms with van der Waals surface area (Å²) in [6, 6.07) is 12.8. The summed E-state index contributed by atoms with van der Waals surface area (Å²) >= 11 is 0. The second-order valence-corrected chi connectivity index (χ2v) is 15.2. The molecule has 1 amide bonds. The molecule has 0 heterocycles. The number of nitrogen functional groups attached to an aromatic ring is 1. The number of esters is 3. The fraction of sp³-hybridized carbons (Fsp3) is 0.439. The number of nitrogens with two attached hydrogens (primary N) is 1. The highest BCUT2D eigenvalue weighted by Gasteiger charge is 2.77. The fourth-order valence-electron chi connectivity index (χ4n) is 9.10. The highest BCUT2D eigenvalue weighted by molar-refractivity contribution is 6.10. The van der Waals surface area contributed by atoms with Gasteiger partial charge in [0.05, 0.1) is 22.2 Å². The third-order valence-electron chi connectivity index (χ3n) is 11.9. The third-order valence-corrected chi connectivity index (χ3v) is 11.9. The lowest BCUT2D eigenvalue weighted by Crippen LogP contribution is -2.66. The van der Waals surface area contributed by atoms with Crippen LogP contribution in [0, 0.1) is 34.5 Å². The average Bonchev–Trinajstić information content (AvgIpc) is 3.60. The highest BCUT2D eigenvalue weighted by Crippen LogP contribution is 2.72. The van der Waals surface area contributed by atoms with Crippen molar-refractivity contribution in [2.24, 2.45) is 34.5 Å². The molecule has 8 atom stereocenters. The Kier molecular flexibility index (Phi) is 9.32. The van der Waals surface area contributed by atoms with E-state index in [0.29, 0.717) is 12.0 Å². The Labute approximate surface area is 303 Å². The molecule has 2 saturated carbocycles. The number of amides is 1. The minimum absolute atomic E-state index is 0.0351. The maximum atomic E-state index is 15.1. The molecule has 11 nitrogen and oxygen atoms in total. The van der Waals surface area contributed by atoms with E-state index in [0.717, 1.165) is 0 Å². The number of anilines is 2. The van der Waals surface area contributed by atoms with Crippen molar-refractivity contribution < 1.29 is 43.3 Å². The maximum absolute atomic E-state index is 15.1. The summed E-state index contributed by atoms with van der Waals surface area (Å²) in [6.07, 6.45) is 2.67. The Balaban J connectivity index is 1.43. The normalized spacial score (nSPS) is 31.4. The number of fused-ring (bicyclic) bond motifs is 3. The van der Waals surface area contributed by atoms with Crippen molar-refractivity contribution in [3.8, 4) is 0 Å². The monoisotopic (exact) mass is 710 g/mol. The Bertz CT molecular complexity index is 1960. The molecule has 0 saturated heterocycles. The van der Waals surface area contributed by atoms with Gasteiger partial charge in [0.15, 0.2) is 23.6 Å². The first-order valence-electron chi connectivity index (χ1n) is 17.6. The van der Waals surface area contributed by atoms with Gasteiger partial charge in [-0.2, -0.15) is 0 Å². The number of aliphatic hydroxyl groups is 1. The topological polar surface area (TPSA) is 171 Å². The minimum Gasteiger partial charge on any atom is -0.457 e. The molecule has 0 aromatic heterocycles. The molecule has 274 valence electrons. The summed E-state index contributed by atoms with van der Waals surface area (Å²) in [5.74, 6) is -4.15. The Hall–Kier alpha value is -5.03. The van der Waals surface area contributed by atoms with Crippen LogP contribution >= 0.6 is 0 Å². The van der Waals surface area contributed by atoms with Crippen LogP contribution in [0.15, 0.2) is 83.5 Å². The predicted octanol–water partition coefficient (Wildman–Crippen LogP) is 5.60. The molecule has 2 aromatic carbocycles. The number of hydrogen-bond acceptors (Lipinski definition) is 10. The van der Waals surface area contributed by atoms with Crippen molar-refractivity contribution in [1.82, 2.24) is 0 Å². The van der Waals surface area contributed by atoms with Crippen LogP contribution in [0.3, 0.4) is 0 Å². The van der Waals surface area contributed by atoms with Crippen LogP contribution in [0.5, 0.6) is 0 Å². The van der Waals surface area contributed by atoms with Crippen LogP contribution in [0.4, 0.5) is 11.4 Å². The van der Waals surface area contributed by atoms with Gasteiger partial charge in [-0.3, -0.25) is 14.4 Å². The van der Waals surface area contributed by atoms with E-state index < -0.39 is 65.5 Å². The summed E-state index contributed by atoms with van der Waals surface area (Å²) in [4.78, 5) is 68.2. The summed E-state index contributed by atoms with van der Waals surface area (Å²) in [5, 5.41) is 16.0. The van der Waals surface area contributed by atoms with E-state index >= 15 is 4.79 Å². The molecule has 4 aliphatic carbocycles. The van der Waals surface area contributed by atoms with E-state index in [1.165, 1.54) is 13.0 Å². The Morgan fingerprint density at radius 2 is 1.65 bits per heavy atom. The molecule has 0 radical (unpaired) electrons. The van der Waals surface area contributed by atoms with Gasteiger partial charge in [0, 0.05) is 29.7 Å². The molecule has 52 heavy (non-hydrogen) atoms. The van der Waals surface area contributed by atoms with Crippen molar-refractivity contribution >= 4 is 41.0 Å². The first-order valence-corrected chi connectivity index (χ1v) is 17.6. The van der Waals surface area contributed by atoms with Crippen LogP contribution in [-0.2, 0) is 28.6 Å². The zero-order chi connectivity index (χ0) is 37.9. The Morgan fingerprint density at radius 3 is 2.31 bits per heavy atom. The number of benzene rings is 2. The number of rotatable bonds is 8. The second-order valence-electron chi connectivity index (χ2n) is 15.2. The zero-order valence-corrected chi connectivity index (χ0v) is 30.5. The fourth-order valence-corrected chi connectivity index (χ4v) is 9.10. The van der Waals surface area contributed by atoms with E-state index in [1.54, 1.807) is 81.5 Å². The van der Waals surface area contributed by atoms with Crippen LogP contribution in [0.2, 0.25) is 0 Å². The maximum Gasteiger partial charge on any atom is 0.340 e. The number of allylic oxidation sites excluding steroid dienone is 2. The summed E-state index contributed by atoms with van der Waals surface area (Å²) in [7, 11) is 0. The molecule has 1 spiro atoms. The van der Waals surface area contributed by atoms with E-state index in [2.05, 4.69) is 19.2 Å². The van der Waals surface area contributed by atoms with Crippen molar-refractivity contribution in [1.29, 1.82) is 0 Å². The largest absolute Gasteiger partial charge is 0.457 e. The molecular formula is C41H46N2O9. The molecule has 11 heteroatoms. The molecule has 4 N–H and O–H groups in total. The van der Waals surface area contributed by atoms with Gasteiger partial charge in [-0.25, -0.2) is 9.59 Å². The lowest BCUT2D eigenvalue weighted by Gasteiger charge is -2.49. The molecule has 2 aromatic rings. The molecular weight excluding hydrogens is 664 g/mol. The quantitative estimate of drug-likeness (QED) is 0.103. The zero-order valence-electron chi connectivity index (χ0n) is 30.5. The van der Waals surface area contributed by atoms with Crippen LogP contribution < -0.4 is 11.1 Å². The number of ketones is 1. The van der Waals surface area contributed by atoms with Gasteiger partial charge in [0.25, 0.3) is 5.91 Å². The minimum atomic E-state index is -2.28. The first kappa shape index (κ1) is 36.8. The predicted molar refractivity (Wildman–Crippen MR) is 193 cm³/mol. The SMILES string of the molecule is CC=C(C)C(=O)O[C@@H]1C(COC(=O)c2ccccc2NC(=O)c2ccccc2N)=CC2C(=O)[C@]3(C=C(C)[C@H](OC(C)=O)[C@@]13O)[C@H](C)C[C@@H]1[C@H]2C1(C)C. The van der Waals surface area contributed by atoms with Gasteiger partial charge in [-0.15, -0.1) is 0 Å². The summed E-state index contributed by atoms with van der Waals surface area (Å²) < 4.78 is 17.9. The van der Waals surface area contributed by atoms with Crippen LogP contribution in [0.25, 0.3) is 0 Å². The van der Waals surface area contributed by atoms with E-state index in [1.807, 2.05) is 6.92 Å². The van der Waals surface area contributed by atoms with Crippen molar-refractivity contribution in [2.75, 3.05) is 17.7 Å². The highest BCUT2D eigenvalue weighted by atomic mass is 16.6. The molecule has 2 bridgehead atoms. The number of nitrogens with one attached hydrogen (secondary N) is 1. The molecule has 6 rings (SSSR count). The van der Waals surface area contributed by atoms with Gasteiger partial charge in [0.1, 0.15) is 6.61 Å². The second kappa shape index (κ2) is 13.2. The number of ether oxygens (including phenoxy) is 3. The third kappa shape index (κ3) is 5.66. The van der Waals surface area contributed by atoms with E-state index in [4.69, 9.17) is 19.9 Å². The first-order chi connectivity index (χ1) is 24.5. The smallest absolute Gasteiger partial charge is 0.340 e. The number of carbonyl (C=O) groups is 5. The summed E-state index contributed by atoms with van der Waals surface area (Å²) in [5.41, 5.74) is 3.51. The van der Waals surface area contributed by atoms with Crippen LogP contribution in [0.1, 0.15) is 75.6 Å². The van der Waals surface area contributed by atoms with Gasteiger partial charge in [-0.1, -0.05) is 63.3 Å². The number of hydrogen-bond donors (Lipinski definition) is 3. The van der Waals surface area contributed by atoms with E-state index in [9.17, 15) is 24.3 Å². The molecule has 4 aliphatic rings. The van der Waals surface area contributed by atoms with Gasteiger partial charge in [-0.05, 0) is 80.2 Å². The van der Waals surface area contributed by atoms with Crippen LogP contribution in [-0.4, -0.2) is 59.1 Å².